The maximum absolute atomic E-state index is 4.47. The molecule has 1 aliphatic rings. The number of benzene rings is 1. The maximum atomic E-state index is 4.47. The largest absolute Gasteiger partial charge is 0.337 e. The van der Waals surface area contributed by atoms with Gasteiger partial charge in [-0.3, -0.25) is 4.90 Å². The van der Waals surface area contributed by atoms with E-state index in [4.69, 9.17) is 0 Å². The molecule has 0 atom stereocenters. The molecule has 0 spiro atoms. The van der Waals surface area contributed by atoms with Crippen LogP contribution in [0.4, 0.5) is 0 Å². The zero-order chi connectivity index (χ0) is 13.1. The maximum Gasteiger partial charge on any atom is 0.0949 e. The van der Waals surface area contributed by atoms with Crippen molar-refractivity contribution in [1.82, 2.24) is 14.5 Å². The summed E-state index contributed by atoms with van der Waals surface area (Å²) in [6.45, 7) is 3.08. The summed E-state index contributed by atoms with van der Waals surface area (Å²) in [4.78, 5) is 6.91. The summed E-state index contributed by atoms with van der Waals surface area (Å²) in [6.07, 6.45) is 7.45. The molecule has 0 saturated heterocycles. The zero-order valence-corrected chi connectivity index (χ0v) is 11.3. The molecular formula is C16H19N3. The first-order valence-corrected chi connectivity index (χ1v) is 6.76. The molecule has 0 bridgehead atoms. The summed E-state index contributed by atoms with van der Waals surface area (Å²) in [7, 11) is 2.08. The fraction of sp³-hybridized carbons (Fsp3) is 0.312. The molecule has 0 radical (unpaired) electrons. The van der Waals surface area contributed by atoms with Crippen molar-refractivity contribution in [3.8, 4) is 0 Å². The van der Waals surface area contributed by atoms with Gasteiger partial charge in [-0.2, -0.15) is 0 Å². The highest BCUT2D eigenvalue weighted by atomic mass is 15.2. The van der Waals surface area contributed by atoms with Crippen molar-refractivity contribution in [3.63, 3.8) is 0 Å². The minimum absolute atomic E-state index is 0.968. The normalized spacial score (nSPS) is 15.8. The van der Waals surface area contributed by atoms with Crippen molar-refractivity contribution in [2.45, 2.75) is 13.0 Å². The second-order valence-corrected chi connectivity index (χ2v) is 5.05. The van der Waals surface area contributed by atoms with Crippen LogP contribution in [0.5, 0.6) is 0 Å². The summed E-state index contributed by atoms with van der Waals surface area (Å²) >= 11 is 0. The average Bonchev–Trinajstić information content (AvgIpc) is 2.81. The van der Waals surface area contributed by atoms with Crippen molar-refractivity contribution in [1.29, 1.82) is 0 Å². The van der Waals surface area contributed by atoms with Crippen LogP contribution in [0.1, 0.15) is 17.0 Å². The highest BCUT2D eigenvalue weighted by molar-refractivity contribution is 5.48. The predicted molar refractivity (Wildman–Crippen MR) is 77.7 cm³/mol. The summed E-state index contributed by atoms with van der Waals surface area (Å²) in [5.74, 6) is 0. The highest BCUT2D eigenvalue weighted by Gasteiger charge is 2.18. The Kier molecular flexibility index (Phi) is 3.47. The van der Waals surface area contributed by atoms with Gasteiger partial charge < -0.3 is 4.57 Å². The van der Waals surface area contributed by atoms with E-state index in [1.54, 1.807) is 0 Å². The third-order valence-corrected chi connectivity index (χ3v) is 3.66. The van der Waals surface area contributed by atoms with E-state index in [0.29, 0.717) is 0 Å². The third kappa shape index (κ3) is 2.76. The smallest absolute Gasteiger partial charge is 0.0949 e. The fourth-order valence-electron chi connectivity index (χ4n) is 2.57. The van der Waals surface area contributed by atoms with Gasteiger partial charge in [-0.05, 0) is 5.56 Å². The van der Waals surface area contributed by atoms with Crippen LogP contribution < -0.4 is 0 Å². The SMILES string of the molecule is Cn1cnc2c1CCN(C/C=C/c1ccccc1)C2. The Morgan fingerprint density at radius 1 is 1.26 bits per heavy atom. The summed E-state index contributed by atoms with van der Waals surface area (Å²) in [5.41, 5.74) is 3.89. The van der Waals surface area contributed by atoms with Gasteiger partial charge in [-0.25, -0.2) is 4.98 Å². The molecule has 1 aromatic heterocycles. The van der Waals surface area contributed by atoms with E-state index in [2.05, 4.69) is 57.9 Å². The van der Waals surface area contributed by atoms with Crippen molar-refractivity contribution in [2.75, 3.05) is 13.1 Å². The lowest BCUT2D eigenvalue weighted by atomic mass is 10.1. The molecule has 2 heterocycles. The van der Waals surface area contributed by atoms with Gasteiger partial charge >= 0.3 is 0 Å². The number of aryl methyl sites for hydroxylation is 1. The van der Waals surface area contributed by atoms with E-state index < -0.39 is 0 Å². The lowest BCUT2D eigenvalue weighted by Gasteiger charge is -2.25. The second kappa shape index (κ2) is 5.41. The van der Waals surface area contributed by atoms with E-state index in [0.717, 1.165) is 26.1 Å². The van der Waals surface area contributed by atoms with Crippen molar-refractivity contribution < 1.29 is 0 Å². The molecule has 0 fully saturated rings. The summed E-state index contributed by atoms with van der Waals surface area (Å²) < 4.78 is 2.15. The van der Waals surface area contributed by atoms with Gasteiger partial charge in [0.25, 0.3) is 0 Å². The van der Waals surface area contributed by atoms with Crippen LogP contribution in [0, 0.1) is 0 Å². The molecule has 0 saturated carbocycles. The van der Waals surface area contributed by atoms with Gasteiger partial charge in [-0.1, -0.05) is 42.5 Å². The van der Waals surface area contributed by atoms with Gasteiger partial charge in [0.05, 0.1) is 12.0 Å². The highest BCUT2D eigenvalue weighted by Crippen LogP contribution is 2.16. The Bertz CT molecular complexity index is 569. The molecule has 0 amide bonds. The molecule has 0 N–H and O–H groups in total. The first-order valence-electron chi connectivity index (χ1n) is 6.76. The van der Waals surface area contributed by atoms with Gasteiger partial charge in [0.1, 0.15) is 0 Å². The number of rotatable bonds is 3. The van der Waals surface area contributed by atoms with Gasteiger partial charge in [0, 0.05) is 38.8 Å². The van der Waals surface area contributed by atoms with Gasteiger partial charge in [0.15, 0.2) is 0 Å². The van der Waals surface area contributed by atoms with Crippen LogP contribution in [-0.4, -0.2) is 27.5 Å². The number of hydrogen-bond acceptors (Lipinski definition) is 2. The van der Waals surface area contributed by atoms with Crippen LogP contribution in [0.3, 0.4) is 0 Å². The molecule has 19 heavy (non-hydrogen) atoms. The second-order valence-electron chi connectivity index (χ2n) is 5.05. The van der Waals surface area contributed by atoms with Crippen LogP contribution >= 0.6 is 0 Å². The summed E-state index contributed by atoms with van der Waals surface area (Å²) in [6, 6.07) is 10.4. The average molecular weight is 253 g/mol. The Hall–Kier alpha value is -1.87. The summed E-state index contributed by atoms with van der Waals surface area (Å²) in [5, 5.41) is 0. The molecular weight excluding hydrogens is 234 g/mol. The minimum atomic E-state index is 0.968. The molecule has 1 aromatic carbocycles. The molecule has 2 aromatic rings. The molecule has 0 unspecified atom stereocenters. The Balaban J connectivity index is 1.59. The Labute approximate surface area is 114 Å². The van der Waals surface area contributed by atoms with E-state index in [9.17, 15) is 0 Å². The molecule has 0 aliphatic carbocycles. The molecule has 1 aliphatic heterocycles. The van der Waals surface area contributed by atoms with E-state index in [-0.39, 0.29) is 0 Å². The molecule has 3 heteroatoms. The Morgan fingerprint density at radius 3 is 2.95 bits per heavy atom. The van der Waals surface area contributed by atoms with Crippen LogP contribution in [0.15, 0.2) is 42.7 Å². The van der Waals surface area contributed by atoms with Crippen LogP contribution in [0.25, 0.3) is 6.08 Å². The van der Waals surface area contributed by atoms with E-state index in [1.807, 2.05) is 12.4 Å². The quantitative estimate of drug-likeness (QED) is 0.838. The monoisotopic (exact) mass is 253 g/mol. The van der Waals surface area contributed by atoms with Crippen molar-refractivity contribution in [3.05, 3.63) is 59.7 Å². The molecule has 3 rings (SSSR count). The topological polar surface area (TPSA) is 21.1 Å². The van der Waals surface area contributed by atoms with E-state index in [1.165, 1.54) is 17.0 Å². The van der Waals surface area contributed by atoms with Crippen molar-refractivity contribution >= 4 is 6.08 Å². The number of nitrogens with zero attached hydrogens (tertiary/aromatic N) is 3. The Morgan fingerprint density at radius 2 is 2.11 bits per heavy atom. The zero-order valence-electron chi connectivity index (χ0n) is 11.3. The van der Waals surface area contributed by atoms with Crippen molar-refractivity contribution in [2.24, 2.45) is 7.05 Å². The lowest BCUT2D eigenvalue weighted by molar-refractivity contribution is 0.276. The predicted octanol–water partition coefficient (Wildman–Crippen LogP) is 2.49. The van der Waals surface area contributed by atoms with Gasteiger partial charge in [-0.15, -0.1) is 0 Å². The first kappa shape index (κ1) is 12.2. The number of aromatic nitrogens is 2. The van der Waals surface area contributed by atoms with Crippen LogP contribution in [0.2, 0.25) is 0 Å². The minimum Gasteiger partial charge on any atom is -0.337 e. The number of hydrogen-bond donors (Lipinski definition) is 0. The first-order chi connectivity index (χ1) is 9.33. The third-order valence-electron chi connectivity index (χ3n) is 3.66. The standard InChI is InChI=1S/C16H19N3/c1-18-13-17-15-12-19(11-9-16(15)18)10-5-8-14-6-3-2-4-7-14/h2-8,13H,9-12H2,1H3/b8-5+. The molecule has 3 nitrogen and oxygen atoms in total. The lowest BCUT2D eigenvalue weighted by Crippen LogP contribution is -2.31. The van der Waals surface area contributed by atoms with Gasteiger partial charge in [0.2, 0.25) is 0 Å². The fourth-order valence-corrected chi connectivity index (χ4v) is 2.57. The molecule has 98 valence electrons. The van der Waals surface area contributed by atoms with Crippen LogP contribution in [-0.2, 0) is 20.0 Å². The number of imidazole rings is 1. The van der Waals surface area contributed by atoms with E-state index >= 15 is 0 Å². The number of fused-ring (bicyclic) bond motifs is 1.